The van der Waals surface area contributed by atoms with Gasteiger partial charge >= 0.3 is 0 Å². The molecule has 0 bridgehead atoms. The van der Waals surface area contributed by atoms with Crippen molar-refractivity contribution < 1.29 is 4.79 Å². The van der Waals surface area contributed by atoms with Crippen molar-refractivity contribution in [2.75, 3.05) is 0 Å². The fraction of sp³-hybridized carbons (Fsp3) is 0.250. The first-order chi connectivity index (χ1) is 13.0. The number of aryl methyl sites for hydroxylation is 1. The Bertz CT molecular complexity index is 994. The lowest BCUT2D eigenvalue weighted by Gasteiger charge is -2.16. The van der Waals surface area contributed by atoms with Crippen LogP contribution < -0.4 is 5.32 Å². The number of carbonyl (C=O) groups excluding carboxylic acids is 1. The van der Waals surface area contributed by atoms with Crippen molar-refractivity contribution in [3.63, 3.8) is 0 Å². The number of hydrogen-bond acceptors (Lipinski definition) is 3. The predicted octanol–water partition coefficient (Wildman–Crippen LogP) is 4.95. The predicted molar refractivity (Wildman–Crippen MR) is 113 cm³/mol. The molecule has 3 aromatic rings. The minimum absolute atomic E-state index is 0.0313. The SMILES string of the molecule is Cc1ccc(-c2n[nH]c(=S)n2CCC(=O)N[C@H](C)c2ccccc2Br)cc1. The van der Waals surface area contributed by atoms with E-state index in [0.29, 0.717) is 17.7 Å². The van der Waals surface area contributed by atoms with E-state index in [4.69, 9.17) is 12.2 Å². The van der Waals surface area contributed by atoms with E-state index in [1.54, 1.807) is 0 Å². The van der Waals surface area contributed by atoms with Gasteiger partial charge in [0.15, 0.2) is 10.6 Å². The van der Waals surface area contributed by atoms with Crippen LogP contribution in [0.3, 0.4) is 0 Å². The Hall–Kier alpha value is -2.25. The molecule has 3 rings (SSSR count). The van der Waals surface area contributed by atoms with Crippen LogP contribution in [-0.4, -0.2) is 20.7 Å². The fourth-order valence-corrected chi connectivity index (χ4v) is 3.73. The van der Waals surface area contributed by atoms with Crippen LogP contribution in [0.4, 0.5) is 0 Å². The van der Waals surface area contributed by atoms with Gasteiger partial charge in [0.2, 0.25) is 5.91 Å². The van der Waals surface area contributed by atoms with Crippen LogP contribution >= 0.6 is 28.1 Å². The molecule has 5 nitrogen and oxygen atoms in total. The molecule has 0 aliphatic rings. The van der Waals surface area contributed by atoms with E-state index >= 15 is 0 Å². The Kier molecular flexibility index (Phi) is 6.23. The molecule has 1 aromatic heterocycles. The summed E-state index contributed by atoms with van der Waals surface area (Å²) in [6, 6.07) is 15.9. The van der Waals surface area contributed by atoms with E-state index in [9.17, 15) is 4.79 Å². The van der Waals surface area contributed by atoms with Crippen LogP contribution in [0.15, 0.2) is 53.0 Å². The molecule has 140 valence electrons. The summed E-state index contributed by atoms with van der Waals surface area (Å²) in [4.78, 5) is 12.4. The van der Waals surface area contributed by atoms with Gasteiger partial charge in [-0.15, -0.1) is 0 Å². The zero-order valence-corrected chi connectivity index (χ0v) is 17.6. The number of aromatic nitrogens is 3. The molecule has 2 aromatic carbocycles. The molecule has 0 unspecified atom stereocenters. The van der Waals surface area contributed by atoms with Crippen molar-refractivity contribution >= 4 is 34.1 Å². The third-order valence-corrected chi connectivity index (χ3v) is 5.41. The smallest absolute Gasteiger partial charge is 0.222 e. The second-order valence-electron chi connectivity index (χ2n) is 6.43. The van der Waals surface area contributed by atoms with Crippen LogP contribution in [0, 0.1) is 11.7 Å². The van der Waals surface area contributed by atoms with Gasteiger partial charge in [-0.1, -0.05) is 64.0 Å². The number of halogens is 1. The average Bonchev–Trinajstić information content (AvgIpc) is 3.01. The van der Waals surface area contributed by atoms with Gasteiger partial charge in [0.25, 0.3) is 0 Å². The third kappa shape index (κ3) is 4.73. The van der Waals surface area contributed by atoms with E-state index in [1.165, 1.54) is 5.56 Å². The number of amides is 1. The maximum Gasteiger partial charge on any atom is 0.222 e. The lowest BCUT2D eigenvalue weighted by Crippen LogP contribution is -2.27. The molecular formula is C20H21BrN4OS. The van der Waals surface area contributed by atoms with Crippen LogP contribution in [0.5, 0.6) is 0 Å². The lowest BCUT2D eigenvalue weighted by atomic mass is 10.1. The Morgan fingerprint density at radius 2 is 1.96 bits per heavy atom. The van der Waals surface area contributed by atoms with Gasteiger partial charge in [-0.05, 0) is 37.7 Å². The first-order valence-corrected chi connectivity index (χ1v) is 9.92. The van der Waals surface area contributed by atoms with Crippen molar-refractivity contribution in [2.24, 2.45) is 0 Å². The molecule has 27 heavy (non-hydrogen) atoms. The molecule has 1 atom stereocenters. The summed E-state index contributed by atoms with van der Waals surface area (Å²) in [5.74, 6) is 0.711. The number of carbonyl (C=O) groups is 1. The Labute approximate surface area is 171 Å². The number of rotatable bonds is 6. The van der Waals surface area contributed by atoms with E-state index in [0.717, 1.165) is 21.4 Å². The number of aromatic amines is 1. The first kappa shape index (κ1) is 19.5. The normalized spacial score (nSPS) is 12.0. The maximum absolute atomic E-state index is 12.4. The molecule has 0 aliphatic heterocycles. The minimum atomic E-state index is -0.0815. The molecule has 0 fully saturated rings. The van der Waals surface area contributed by atoms with Gasteiger partial charge in [-0.25, -0.2) is 0 Å². The summed E-state index contributed by atoms with van der Waals surface area (Å²) in [5.41, 5.74) is 3.20. The molecule has 7 heteroatoms. The van der Waals surface area contributed by atoms with Crippen LogP contribution in [0.2, 0.25) is 0 Å². The highest BCUT2D eigenvalue weighted by Gasteiger charge is 2.14. The molecular weight excluding hydrogens is 424 g/mol. The van der Waals surface area contributed by atoms with Crippen LogP contribution in [0.1, 0.15) is 30.5 Å². The molecule has 0 saturated heterocycles. The summed E-state index contributed by atoms with van der Waals surface area (Å²) in [7, 11) is 0. The highest BCUT2D eigenvalue weighted by Crippen LogP contribution is 2.23. The number of H-pyrrole nitrogens is 1. The second-order valence-corrected chi connectivity index (χ2v) is 7.67. The molecule has 0 radical (unpaired) electrons. The van der Waals surface area contributed by atoms with Crippen LogP contribution in [-0.2, 0) is 11.3 Å². The van der Waals surface area contributed by atoms with E-state index < -0.39 is 0 Å². The molecule has 1 heterocycles. The van der Waals surface area contributed by atoms with Crippen molar-refractivity contribution in [1.29, 1.82) is 0 Å². The summed E-state index contributed by atoms with van der Waals surface area (Å²) < 4.78 is 3.36. The van der Waals surface area contributed by atoms with Gasteiger partial charge in [0, 0.05) is 23.0 Å². The summed E-state index contributed by atoms with van der Waals surface area (Å²) in [5, 5.41) is 10.2. The molecule has 0 spiro atoms. The number of benzene rings is 2. The minimum Gasteiger partial charge on any atom is -0.349 e. The Morgan fingerprint density at radius 1 is 1.26 bits per heavy atom. The summed E-state index contributed by atoms with van der Waals surface area (Å²) in [6.07, 6.45) is 0.321. The Morgan fingerprint density at radius 3 is 2.67 bits per heavy atom. The van der Waals surface area contributed by atoms with Gasteiger partial charge in [-0.2, -0.15) is 5.10 Å². The standard InChI is InChI=1S/C20H21BrN4OS/c1-13-7-9-15(10-8-13)19-23-24-20(27)25(19)12-11-18(26)22-14(2)16-5-3-4-6-17(16)21/h3-10,14H,11-12H2,1-2H3,(H,22,26)(H,24,27)/t14-/m1/s1. The number of nitrogens with one attached hydrogen (secondary N) is 2. The lowest BCUT2D eigenvalue weighted by molar-refractivity contribution is -0.121. The van der Waals surface area contributed by atoms with Crippen LogP contribution in [0.25, 0.3) is 11.4 Å². The van der Waals surface area contributed by atoms with E-state index in [-0.39, 0.29) is 11.9 Å². The largest absolute Gasteiger partial charge is 0.349 e. The van der Waals surface area contributed by atoms with Gasteiger partial charge in [0.1, 0.15) is 0 Å². The average molecular weight is 445 g/mol. The zero-order chi connectivity index (χ0) is 19.4. The van der Waals surface area contributed by atoms with E-state index in [1.807, 2.05) is 66.9 Å². The molecule has 1 amide bonds. The molecule has 0 aliphatic carbocycles. The van der Waals surface area contributed by atoms with Gasteiger partial charge < -0.3 is 5.32 Å². The Balaban J connectivity index is 1.67. The number of nitrogens with zero attached hydrogens (tertiary/aromatic N) is 2. The number of hydrogen-bond donors (Lipinski definition) is 2. The third-order valence-electron chi connectivity index (χ3n) is 4.38. The molecule has 0 saturated carbocycles. The summed E-state index contributed by atoms with van der Waals surface area (Å²) in [6.45, 7) is 4.48. The van der Waals surface area contributed by atoms with Crippen molar-refractivity contribution in [1.82, 2.24) is 20.1 Å². The first-order valence-electron chi connectivity index (χ1n) is 8.71. The highest BCUT2D eigenvalue weighted by molar-refractivity contribution is 9.10. The van der Waals surface area contributed by atoms with Crippen molar-refractivity contribution in [3.8, 4) is 11.4 Å². The second kappa shape index (κ2) is 8.63. The topological polar surface area (TPSA) is 62.7 Å². The van der Waals surface area contributed by atoms with Crippen molar-refractivity contribution in [2.45, 2.75) is 32.9 Å². The zero-order valence-electron chi connectivity index (χ0n) is 15.2. The highest BCUT2D eigenvalue weighted by atomic mass is 79.9. The summed E-state index contributed by atoms with van der Waals surface area (Å²) >= 11 is 8.86. The fourth-order valence-electron chi connectivity index (χ4n) is 2.88. The van der Waals surface area contributed by atoms with Gasteiger partial charge in [-0.3, -0.25) is 14.5 Å². The quantitative estimate of drug-likeness (QED) is 0.528. The maximum atomic E-state index is 12.4. The van der Waals surface area contributed by atoms with Crippen molar-refractivity contribution in [3.05, 3.63) is 68.9 Å². The molecule has 2 N–H and O–H groups in total. The van der Waals surface area contributed by atoms with E-state index in [2.05, 4.69) is 31.4 Å². The van der Waals surface area contributed by atoms with Gasteiger partial charge in [0.05, 0.1) is 6.04 Å². The monoisotopic (exact) mass is 444 g/mol.